The van der Waals surface area contributed by atoms with E-state index < -0.39 is 17.5 Å². The zero-order chi connectivity index (χ0) is 18.4. The van der Waals surface area contributed by atoms with Crippen LogP contribution in [0.5, 0.6) is 11.5 Å². The Bertz CT molecular complexity index is 644. The highest BCUT2D eigenvalue weighted by Crippen LogP contribution is 2.38. The van der Waals surface area contributed by atoms with Gasteiger partial charge in [0.2, 0.25) is 0 Å². The smallest absolute Gasteiger partial charge is 0.312 e. The minimum Gasteiger partial charge on any atom is -0.497 e. The maximum absolute atomic E-state index is 12.4. The normalized spacial score (nSPS) is 12.4. The number of carbonyl (C=O) groups excluding carboxylic acids is 1. The van der Waals surface area contributed by atoms with Gasteiger partial charge in [0.1, 0.15) is 17.1 Å². The van der Waals surface area contributed by atoms with Crippen LogP contribution < -0.4 is 9.47 Å². The lowest BCUT2D eigenvalue weighted by Crippen LogP contribution is -2.40. The molecule has 0 saturated heterocycles. The number of hydrogen-bond donors (Lipinski definition) is 1. The van der Waals surface area contributed by atoms with Crippen LogP contribution in [0, 0.1) is 5.92 Å². The van der Waals surface area contributed by atoms with Crippen LogP contribution in [0.15, 0.2) is 48.5 Å². The summed E-state index contributed by atoms with van der Waals surface area (Å²) in [4.78, 5) is 12.4. The maximum atomic E-state index is 12.4. The topological polar surface area (TPSA) is 65.0 Å². The van der Waals surface area contributed by atoms with Crippen molar-refractivity contribution in [3.63, 3.8) is 0 Å². The lowest BCUT2D eigenvalue weighted by Gasteiger charge is -2.34. The van der Waals surface area contributed by atoms with Gasteiger partial charge in [-0.3, -0.25) is 4.79 Å². The van der Waals surface area contributed by atoms with E-state index in [-0.39, 0.29) is 6.61 Å². The number of carbonyl (C=O) groups is 1. The largest absolute Gasteiger partial charge is 0.497 e. The summed E-state index contributed by atoms with van der Waals surface area (Å²) < 4.78 is 15.5. The Morgan fingerprint density at radius 3 is 1.68 bits per heavy atom. The summed E-state index contributed by atoms with van der Waals surface area (Å²) in [5, 5.41) is 11.6. The molecule has 0 aliphatic heterocycles. The number of aliphatic hydroxyl groups is 1. The van der Waals surface area contributed by atoms with Crippen LogP contribution in [0.4, 0.5) is 0 Å². The van der Waals surface area contributed by atoms with Crippen molar-refractivity contribution in [1.29, 1.82) is 0 Å². The van der Waals surface area contributed by atoms with Crippen LogP contribution in [0.2, 0.25) is 0 Å². The predicted molar refractivity (Wildman–Crippen MR) is 94.8 cm³/mol. The zero-order valence-corrected chi connectivity index (χ0v) is 15.0. The highest BCUT2D eigenvalue weighted by molar-refractivity contribution is 5.75. The first-order valence-electron chi connectivity index (χ1n) is 8.15. The van der Waals surface area contributed by atoms with E-state index in [1.807, 2.05) is 0 Å². The average Bonchev–Trinajstić information content (AvgIpc) is 2.67. The van der Waals surface area contributed by atoms with Gasteiger partial charge in [-0.15, -0.1) is 0 Å². The quantitative estimate of drug-likeness (QED) is 0.782. The summed E-state index contributed by atoms with van der Waals surface area (Å²) in [6.45, 7) is 3.65. The van der Waals surface area contributed by atoms with Gasteiger partial charge in [0, 0.05) is 0 Å². The van der Waals surface area contributed by atoms with Gasteiger partial charge in [-0.1, -0.05) is 24.3 Å². The molecular formula is C20H24O5. The van der Waals surface area contributed by atoms with Crippen LogP contribution >= 0.6 is 0 Å². The number of ether oxygens (including phenoxy) is 3. The monoisotopic (exact) mass is 344 g/mol. The molecule has 0 heterocycles. The Morgan fingerprint density at radius 2 is 1.36 bits per heavy atom. The van der Waals surface area contributed by atoms with Crippen molar-refractivity contribution in [1.82, 2.24) is 0 Å². The molecule has 5 heteroatoms. The standard InChI is InChI=1S/C20H24O5/c1-5-25-19(21)14(2)20(22,15-6-10-17(23-3)11-7-15)16-8-12-18(24-4)13-9-16/h6-14,22H,5H2,1-4H3. The molecule has 1 N–H and O–H groups in total. The van der Waals surface area contributed by atoms with Crippen LogP contribution in [0.1, 0.15) is 25.0 Å². The van der Waals surface area contributed by atoms with Crippen LogP contribution in [0.3, 0.4) is 0 Å². The van der Waals surface area contributed by atoms with Gasteiger partial charge in [0.15, 0.2) is 0 Å². The maximum Gasteiger partial charge on any atom is 0.312 e. The number of benzene rings is 2. The van der Waals surface area contributed by atoms with Gasteiger partial charge in [0.05, 0.1) is 26.7 Å². The van der Waals surface area contributed by atoms with E-state index in [0.29, 0.717) is 22.6 Å². The molecule has 2 aromatic carbocycles. The Balaban J connectivity index is 2.53. The molecule has 0 spiro atoms. The summed E-state index contributed by atoms with van der Waals surface area (Å²) in [5.74, 6) is 0.0834. The first-order valence-corrected chi connectivity index (χ1v) is 8.15. The first-order chi connectivity index (χ1) is 12.0. The Morgan fingerprint density at radius 1 is 0.960 bits per heavy atom. The molecule has 5 nitrogen and oxygen atoms in total. The van der Waals surface area contributed by atoms with E-state index in [9.17, 15) is 9.90 Å². The predicted octanol–water partition coefficient (Wildman–Crippen LogP) is 3.14. The van der Waals surface area contributed by atoms with Crippen molar-refractivity contribution in [2.24, 2.45) is 5.92 Å². The second-order valence-corrected chi connectivity index (χ2v) is 5.70. The van der Waals surface area contributed by atoms with Gasteiger partial charge in [0.25, 0.3) is 0 Å². The molecule has 0 saturated carbocycles. The fraction of sp³-hybridized carbons (Fsp3) is 0.350. The van der Waals surface area contributed by atoms with Gasteiger partial charge < -0.3 is 19.3 Å². The molecule has 25 heavy (non-hydrogen) atoms. The molecule has 0 radical (unpaired) electrons. The van der Waals surface area contributed by atoms with E-state index in [1.54, 1.807) is 76.6 Å². The molecule has 2 rings (SSSR count). The fourth-order valence-corrected chi connectivity index (χ4v) is 2.79. The summed E-state index contributed by atoms with van der Waals surface area (Å²) >= 11 is 0. The number of esters is 1. The molecule has 134 valence electrons. The number of methoxy groups -OCH3 is 2. The second kappa shape index (κ2) is 8.03. The highest BCUT2D eigenvalue weighted by atomic mass is 16.5. The third-order valence-corrected chi connectivity index (χ3v) is 4.33. The summed E-state index contributed by atoms with van der Waals surface area (Å²) in [7, 11) is 3.15. The van der Waals surface area contributed by atoms with Crippen molar-refractivity contribution in [2.45, 2.75) is 19.4 Å². The Labute approximate surface area is 148 Å². The summed E-state index contributed by atoms with van der Waals surface area (Å²) in [6, 6.07) is 14.0. The van der Waals surface area contributed by atoms with Crippen LogP contribution in [-0.2, 0) is 15.1 Å². The van der Waals surface area contributed by atoms with E-state index in [2.05, 4.69) is 0 Å². The lowest BCUT2D eigenvalue weighted by atomic mass is 9.77. The molecule has 0 bridgehead atoms. The Kier molecular flexibility index (Phi) is 6.04. The zero-order valence-electron chi connectivity index (χ0n) is 15.0. The van der Waals surface area contributed by atoms with E-state index in [1.165, 1.54) is 0 Å². The third-order valence-electron chi connectivity index (χ3n) is 4.33. The third kappa shape index (κ3) is 3.77. The Hall–Kier alpha value is -2.53. The molecule has 0 aliphatic carbocycles. The van der Waals surface area contributed by atoms with Gasteiger partial charge in [-0.05, 0) is 49.2 Å². The van der Waals surface area contributed by atoms with E-state index in [0.717, 1.165) is 0 Å². The number of hydrogen-bond acceptors (Lipinski definition) is 5. The fourth-order valence-electron chi connectivity index (χ4n) is 2.79. The van der Waals surface area contributed by atoms with Crippen LogP contribution in [0.25, 0.3) is 0 Å². The summed E-state index contributed by atoms with van der Waals surface area (Å²) in [6.07, 6.45) is 0. The van der Waals surface area contributed by atoms with E-state index in [4.69, 9.17) is 14.2 Å². The number of rotatable bonds is 7. The van der Waals surface area contributed by atoms with Crippen molar-refractivity contribution in [2.75, 3.05) is 20.8 Å². The molecule has 0 aromatic heterocycles. The average molecular weight is 344 g/mol. The van der Waals surface area contributed by atoms with E-state index >= 15 is 0 Å². The molecule has 0 amide bonds. The minimum atomic E-state index is -1.54. The molecule has 2 aromatic rings. The van der Waals surface area contributed by atoms with Gasteiger partial charge >= 0.3 is 5.97 Å². The van der Waals surface area contributed by atoms with Gasteiger partial charge in [-0.2, -0.15) is 0 Å². The van der Waals surface area contributed by atoms with Crippen molar-refractivity contribution >= 4 is 5.97 Å². The SMILES string of the molecule is CCOC(=O)C(C)C(O)(c1ccc(OC)cc1)c1ccc(OC)cc1. The second-order valence-electron chi connectivity index (χ2n) is 5.70. The highest BCUT2D eigenvalue weighted by Gasteiger charge is 2.42. The van der Waals surface area contributed by atoms with Crippen molar-refractivity contribution < 1.29 is 24.1 Å². The molecule has 1 atom stereocenters. The molecule has 1 unspecified atom stereocenters. The van der Waals surface area contributed by atoms with Crippen molar-refractivity contribution in [3.8, 4) is 11.5 Å². The molecule has 0 fully saturated rings. The minimum absolute atomic E-state index is 0.254. The molecule has 0 aliphatic rings. The van der Waals surface area contributed by atoms with Crippen molar-refractivity contribution in [3.05, 3.63) is 59.7 Å². The van der Waals surface area contributed by atoms with Crippen LogP contribution in [-0.4, -0.2) is 31.9 Å². The summed E-state index contributed by atoms with van der Waals surface area (Å²) in [5.41, 5.74) is -0.372. The first kappa shape index (κ1) is 18.8. The molecular weight excluding hydrogens is 320 g/mol. The van der Waals surface area contributed by atoms with Gasteiger partial charge in [-0.25, -0.2) is 0 Å². The lowest BCUT2D eigenvalue weighted by molar-refractivity contribution is -0.155.